The monoisotopic (exact) mass is 306 g/mol. The summed E-state index contributed by atoms with van der Waals surface area (Å²) < 4.78 is 27.0. The van der Waals surface area contributed by atoms with Crippen LogP contribution in [0.5, 0.6) is 0 Å². The average molecular weight is 306 g/mol. The zero-order valence-electron chi connectivity index (χ0n) is 11.1. The van der Waals surface area contributed by atoms with E-state index in [-0.39, 0.29) is 5.95 Å². The molecule has 2 heterocycles. The van der Waals surface area contributed by atoms with Crippen molar-refractivity contribution in [3.63, 3.8) is 0 Å². The highest BCUT2D eigenvalue weighted by molar-refractivity contribution is 7.99. The average Bonchev–Trinajstić information content (AvgIpc) is 2.74. The lowest BCUT2D eigenvalue weighted by Crippen LogP contribution is -2.03. The van der Waals surface area contributed by atoms with E-state index in [0.29, 0.717) is 33.5 Å². The van der Waals surface area contributed by atoms with Crippen LogP contribution in [0, 0.1) is 6.92 Å². The quantitative estimate of drug-likeness (QED) is 0.751. The molecular weight excluding hydrogens is 294 g/mol. The fraction of sp³-hybridized carbons (Fsp3) is 0.143. The molecule has 2 aromatic heterocycles. The van der Waals surface area contributed by atoms with E-state index in [2.05, 4.69) is 9.97 Å². The highest BCUT2D eigenvalue weighted by Gasteiger charge is 2.16. The van der Waals surface area contributed by atoms with Gasteiger partial charge in [-0.3, -0.25) is 4.57 Å². The van der Waals surface area contributed by atoms with Crippen LogP contribution in [0.1, 0.15) is 5.56 Å². The predicted molar refractivity (Wildman–Crippen MR) is 79.9 cm³/mol. The first-order valence-corrected chi connectivity index (χ1v) is 7.09. The molecule has 1 aromatic carbocycles. The molecule has 2 N–H and O–H groups in total. The summed E-state index contributed by atoms with van der Waals surface area (Å²) in [6.07, 6.45) is 1.70. The number of thioether (sulfide) groups is 1. The van der Waals surface area contributed by atoms with Crippen molar-refractivity contribution in [2.45, 2.75) is 17.6 Å². The van der Waals surface area contributed by atoms with Crippen LogP contribution in [0.3, 0.4) is 0 Å². The lowest BCUT2D eigenvalue weighted by Gasteiger charge is -2.11. The molecule has 4 nitrogen and oxygen atoms in total. The van der Waals surface area contributed by atoms with Crippen LogP contribution < -0.4 is 5.73 Å². The predicted octanol–water partition coefficient (Wildman–Crippen LogP) is 3.63. The maximum atomic E-state index is 12.7. The van der Waals surface area contributed by atoms with Crippen LogP contribution in [-0.4, -0.2) is 20.3 Å². The molecule has 0 aliphatic rings. The molecule has 3 rings (SSSR count). The number of nitrogens with two attached hydrogens (primary N) is 1. The minimum absolute atomic E-state index is 0.227. The van der Waals surface area contributed by atoms with Gasteiger partial charge in [-0.15, -0.1) is 0 Å². The topological polar surface area (TPSA) is 56.7 Å². The van der Waals surface area contributed by atoms with Crippen molar-refractivity contribution in [3.05, 3.63) is 42.1 Å². The summed E-state index contributed by atoms with van der Waals surface area (Å²) in [6, 6.07) is 8.69. The summed E-state index contributed by atoms with van der Waals surface area (Å²) in [5.74, 6) is -2.28. The maximum Gasteiger partial charge on any atom is 0.288 e. The second-order valence-electron chi connectivity index (χ2n) is 4.51. The Bertz CT molecular complexity index is 801. The van der Waals surface area contributed by atoms with E-state index in [1.165, 1.54) is 0 Å². The molecule has 7 heteroatoms. The molecular formula is C14H12F2N4S. The number of aryl methyl sites for hydroxylation is 1. The first-order valence-electron chi connectivity index (χ1n) is 6.21. The van der Waals surface area contributed by atoms with Gasteiger partial charge in [-0.05, 0) is 30.7 Å². The van der Waals surface area contributed by atoms with E-state index in [1.807, 2.05) is 13.0 Å². The molecule has 0 aliphatic carbocycles. The van der Waals surface area contributed by atoms with Gasteiger partial charge in [-0.25, -0.2) is 9.97 Å². The van der Waals surface area contributed by atoms with E-state index in [4.69, 9.17) is 5.73 Å². The Morgan fingerprint density at radius 2 is 2.05 bits per heavy atom. The number of nitrogens with zero attached hydrogens (tertiary/aromatic N) is 3. The summed E-state index contributed by atoms with van der Waals surface area (Å²) in [4.78, 5) is 9.01. The van der Waals surface area contributed by atoms with Gasteiger partial charge in [-0.1, -0.05) is 23.9 Å². The normalized spacial score (nSPS) is 11.4. The number of imidazole rings is 1. The highest BCUT2D eigenvalue weighted by Crippen LogP contribution is 2.33. The van der Waals surface area contributed by atoms with E-state index in [9.17, 15) is 8.78 Å². The second kappa shape index (κ2) is 5.33. The number of halogens is 2. The lowest BCUT2D eigenvalue weighted by atomic mass is 10.3. The minimum Gasteiger partial charge on any atom is -0.369 e. The first-order chi connectivity index (χ1) is 10.1. The van der Waals surface area contributed by atoms with Crippen molar-refractivity contribution in [1.29, 1.82) is 0 Å². The number of anilines is 1. The zero-order chi connectivity index (χ0) is 15.0. The molecule has 108 valence electrons. The van der Waals surface area contributed by atoms with E-state index >= 15 is 0 Å². The van der Waals surface area contributed by atoms with E-state index in [1.54, 1.807) is 35.0 Å². The Morgan fingerprint density at radius 3 is 2.81 bits per heavy atom. The molecule has 0 fully saturated rings. The van der Waals surface area contributed by atoms with Crippen LogP contribution in [0.4, 0.5) is 14.7 Å². The van der Waals surface area contributed by atoms with Crippen LogP contribution in [-0.2, 0) is 0 Å². The number of para-hydroxylation sites is 1. The summed E-state index contributed by atoms with van der Waals surface area (Å²) in [5.41, 5.74) is 8.66. The van der Waals surface area contributed by atoms with Crippen molar-refractivity contribution < 1.29 is 8.78 Å². The number of benzene rings is 1. The summed E-state index contributed by atoms with van der Waals surface area (Å²) >= 11 is 0.478. The SMILES string of the molecule is Cc1cnc2c(c1)nc(N)n2-c1ccccc1SC(F)F. The van der Waals surface area contributed by atoms with Crippen molar-refractivity contribution in [1.82, 2.24) is 14.5 Å². The molecule has 0 bridgehead atoms. The van der Waals surface area contributed by atoms with Gasteiger partial charge >= 0.3 is 0 Å². The molecule has 0 saturated heterocycles. The molecule has 0 unspecified atom stereocenters. The summed E-state index contributed by atoms with van der Waals surface area (Å²) in [7, 11) is 0. The number of aromatic nitrogens is 3. The Balaban J connectivity index is 2.23. The fourth-order valence-corrected chi connectivity index (χ4v) is 2.79. The van der Waals surface area contributed by atoms with Crippen molar-refractivity contribution in [2.75, 3.05) is 5.73 Å². The smallest absolute Gasteiger partial charge is 0.288 e. The highest BCUT2D eigenvalue weighted by atomic mass is 32.2. The maximum absolute atomic E-state index is 12.7. The number of rotatable bonds is 3. The van der Waals surface area contributed by atoms with Crippen LogP contribution in [0.2, 0.25) is 0 Å². The zero-order valence-corrected chi connectivity index (χ0v) is 11.9. The standard InChI is InChI=1S/C14H12F2N4S/c1-8-6-9-12(18-7-8)20(14(17)19-9)10-4-2-3-5-11(10)21-13(15)16/h2-7,13H,1H3,(H2,17,19). The van der Waals surface area contributed by atoms with Crippen molar-refractivity contribution in [2.24, 2.45) is 0 Å². The number of hydrogen-bond acceptors (Lipinski definition) is 4. The Kier molecular flexibility index (Phi) is 3.50. The van der Waals surface area contributed by atoms with Gasteiger partial charge in [0.05, 0.1) is 5.69 Å². The number of nitrogen functional groups attached to an aromatic ring is 1. The molecule has 21 heavy (non-hydrogen) atoms. The Morgan fingerprint density at radius 1 is 1.29 bits per heavy atom. The molecule has 0 radical (unpaired) electrons. The van der Waals surface area contributed by atoms with Gasteiger partial charge in [0.1, 0.15) is 5.52 Å². The second-order valence-corrected chi connectivity index (χ2v) is 5.54. The number of pyridine rings is 1. The van der Waals surface area contributed by atoms with Crippen molar-refractivity contribution in [3.8, 4) is 5.69 Å². The van der Waals surface area contributed by atoms with E-state index in [0.717, 1.165) is 5.56 Å². The van der Waals surface area contributed by atoms with Gasteiger partial charge in [0.2, 0.25) is 5.95 Å². The van der Waals surface area contributed by atoms with E-state index < -0.39 is 5.76 Å². The molecule has 0 saturated carbocycles. The largest absolute Gasteiger partial charge is 0.369 e. The van der Waals surface area contributed by atoms with Crippen LogP contribution >= 0.6 is 11.8 Å². The molecule has 0 spiro atoms. The number of hydrogen-bond donors (Lipinski definition) is 1. The van der Waals surface area contributed by atoms with Gasteiger partial charge in [-0.2, -0.15) is 8.78 Å². The van der Waals surface area contributed by atoms with Gasteiger partial charge in [0.15, 0.2) is 5.65 Å². The lowest BCUT2D eigenvalue weighted by molar-refractivity contribution is 0.252. The summed E-state index contributed by atoms with van der Waals surface area (Å²) in [5, 5.41) is 0. The fourth-order valence-electron chi connectivity index (χ4n) is 2.16. The van der Waals surface area contributed by atoms with Crippen molar-refractivity contribution >= 4 is 28.9 Å². The van der Waals surface area contributed by atoms with Gasteiger partial charge in [0.25, 0.3) is 5.76 Å². The molecule has 0 atom stereocenters. The van der Waals surface area contributed by atoms with Crippen LogP contribution in [0.25, 0.3) is 16.9 Å². The molecule has 0 aliphatic heterocycles. The first kappa shape index (κ1) is 13.8. The summed E-state index contributed by atoms with van der Waals surface area (Å²) in [6.45, 7) is 1.91. The van der Waals surface area contributed by atoms with Crippen LogP contribution in [0.15, 0.2) is 41.4 Å². The number of fused-ring (bicyclic) bond motifs is 1. The molecule has 3 aromatic rings. The Labute approximate surface area is 124 Å². The third kappa shape index (κ3) is 2.56. The Hall–Kier alpha value is -2.15. The third-order valence-electron chi connectivity index (χ3n) is 2.98. The number of alkyl halides is 2. The molecule has 0 amide bonds. The third-order valence-corrected chi connectivity index (χ3v) is 3.76. The minimum atomic E-state index is -2.50. The van der Waals surface area contributed by atoms with Gasteiger partial charge in [0, 0.05) is 11.1 Å². The van der Waals surface area contributed by atoms with Gasteiger partial charge < -0.3 is 5.73 Å².